The molecule has 0 N–H and O–H groups in total. The van der Waals surface area contributed by atoms with Crippen LogP contribution in [0.4, 0.5) is 5.69 Å². The molecule has 1 aromatic carbocycles. The van der Waals surface area contributed by atoms with E-state index in [1.165, 1.54) is 47.4 Å². The number of aromatic nitrogens is 1. The zero-order valence-corrected chi connectivity index (χ0v) is 14.2. The molecule has 2 aromatic rings. The Morgan fingerprint density at radius 2 is 1.95 bits per heavy atom. The minimum absolute atomic E-state index is 0.00230. The highest BCUT2D eigenvalue weighted by Gasteiger charge is 2.18. The van der Waals surface area contributed by atoms with E-state index < -0.39 is 4.92 Å². The second kappa shape index (κ2) is 6.58. The van der Waals surface area contributed by atoms with E-state index in [1.54, 1.807) is 0 Å². The average Bonchev–Trinajstić information content (AvgIpc) is 2.94. The second-order valence-corrected chi connectivity index (χ2v) is 7.85. The number of nitrogens with zero attached hydrogens (tertiary/aromatic N) is 2. The van der Waals surface area contributed by atoms with Crippen LogP contribution in [0.5, 0.6) is 0 Å². The first-order valence-corrected chi connectivity index (χ1v) is 8.50. The number of nitro groups is 1. The van der Waals surface area contributed by atoms with Crippen LogP contribution in [0.3, 0.4) is 0 Å². The normalized spacial score (nSPS) is 11.4. The molecule has 0 amide bonds. The molecule has 116 valence electrons. The van der Waals surface area contributed by atoms with E-state index in [-0.39, 0.29) is 22.6 Å². The van der Waals surface area contributed by atoms with Gasteiger partial charge in [-0.15, -0.1) is 11.3 Å². The summed E-state index contributed by atoms with van der Waals surface area (Å²) in [6, 6.07) is 5.67. The van der Waals surface area contributed by atoms with E-state index in [4.69, 9.17) is 0 Å². The summed E-state index contributed by atoms with van der Waals surface area (Å²) in [5.41, 5.74) is 1.48. The molecular formula is C15H16N2O3S2. The van der Waals surface area contributed by atoms with Crippen molar-refractivity contribution in [3.05, 3.63) is 51.0 Å². The van der Waals surface area contributed by atoms with Crippen molar-refractivity contribution in [3.63, 3.8) is 0 Å². The van der Waals surface area contributed by atoms with Crippen LogP contribution in [0.1, 0.15) is 36.8 Å². The predicted molar refractivity (Wildman–Crippen MR) is 89.0 cm³/mol. The first-order chi connectivity index (χ1) is 10.3. The lowest BCUT2D eigenvalue weighted by Crippen LogP contribution is -2.11. The summed E-state index contributed by atoms with van der Waals surface area (Å²) >= 11 is 2.93. The Morgan fingerprint density at radius 3 is 2.45 bits per heavy atom. The van der Waals surface area contributed by atoms with Gasteiger partial charge in [0.05, 0.1) is 16.4 Å². The lowest BCUT2D eigenvalue weighted by atomic mass is 9.93. The van der Waals surface area contributed by atoms with E-state index in [0.717, 1.165) is 10.0 Å². The van der Waals surface area contributed by atoms with Gasteiger partial charge in [0.2, 0.25) is 0 Å². The van der Waals surface area contributed by atoms with Gasteiger partial charge in [-0.2, -0.15) is 0 Å². The quantitative estimate of drug-likeness (QED) is 0.352. The zero-order valence-electron chi connectivity index (χ0n) is 12.5. The van der Waals surface area contributed by atoms with Crippen LogP contribution in [0, 0.1) is 10.1 Å². The van der Waals surface area contributed by atoms with E-state index in [2.05, 4.69) is 25.8 Å². The third-order valence-electron chi connectivity index (χ3n) is 2.98. The summed E-state index contributed by atoms with van der Waals surface area (Å²) in [5.74, 6) is 0.210. The van der Waals surface area contributed by atoms with Gasteiger partial charge in [-0.3, -0.25) is 14.9 Å². The van der Waals surface area contributed by atoms with Gasteiger partial charge >= 0.3 is 0 Å². The molecule has 7 heteroatoms. The second-order valence-electron chi connectivity index (χ2n) is 5.76. The molecule has 0 unspecified atom stereocenters. The van der Waals surface area contributed by atoms with E-state index in [9.17, 15) is 14.9 Å². The van der Waals surface area contributed by atoms with Gasteiger partial charge in [-0.1, -0.05) is 32.5 Å². The summed E-state index contributed by atoms with van der Waals surface area (Å²) in [6.07, 6.45) is 0. The Hall–Kier alpha value is -1.73. The fourth-order valence-electron chi connectivity index (χ4n) is 1.65. The summed E-state index contributed by atoms with van der Waals surface area (Å²) in [7, 11) is 0. The number of benzene rings is 1. The lowest BCUT2D eigenvalue weighted by molar-refractivity contribution is -0.384. The Balaban J connectivity index is 1.98. The fourth-order valence-corrected chi connectivity index (χ4v) is 3.59. The molecule has 0 aliphatic carbocycles. The van der Waals surface area contributed by atoms with E-state index in [1.807, 2.05) is 5.38 Å². The maximum atomic E-state index is 12.1. The van der Waals surface area contributed by atoms with Gasteiger partial charge in [0.1, 0.15) is 0 Å². The molecule has 0 saturated heterocycles. The maximum absolute atomic E-state index is 12.1. The standard InChI is InChI=1S/C15H16N2O3S2/c1-15(2,3)13-9-22-14(16-13)21-8-12(18)10-4-6-11(7-5-10)17(19)20/h4-7,9H,8H2,1-3H3. The van der Waals surface area contributed by atoms with E-state index >= 15 is 0 Å². The molecule has 2 rings (SSSR count). The number of rotatable bonds is 5. The fraction of sp³-hybridized carbons (Fsp3) is 0.333. The van der Waals surface area contributed by atoms with Crippen LogP contribution in [0.25, 0.3) is 0 Å². The highest BCUT2D eigenvalue weighted by molar-refractivity contribution is 8.01. The number of Topliss-reactive ketones (excluding diaryl/α,β-unsaturated/α-hetero) is 1. The number of thioether (sulfide) groups is 1. The van der Waals surface area contributed by atoms with Crippen molar-refractivity contribution >= 4 is 34.6 Å². The van der Waals surface area contributed by atoms with Crippen LogP contribution in [-0.2, 0) is 5.41 Å². The topological polar surface area (TPSA) is 73.1 Å². The number of hydrogen-bond acceptors (Lipinski definition) is 6. The van der Waals surface area contributed by atoms with Gasteiger partial charge in [0.25, 0.3) is 5.69 Å². The first-order valence-electron chi connectivity index (χ1n) is 6.64. The molecule has 0 radical (unpaired) electrons. The van der Waals surface area contributed by atoms with Crippen molar-refractivity contribution in [2.45, 2.75) is 30.5 Å². The number of carbonyl (C=O) groups excluding carboxylic acids is 1. The van der Waals surface area contributed by atoms with Crippen LogP contribution in [-0.4, -0.2) is 21.4 Å². The molecule has 0 bridgehead atoms. The average molecular weight is 336 g/mol. The van der Waals surface area contributed by atoms with Crippen LogP contribution < -0.4 is 0 Å². The Labute approximate surface area is 136 Å². The van der Waals surface area contributed by atoms with E-state index in [0.29, 0.717) is 5.56 Å². The van der Waals surface area contributed by atoms with Crippen molar-refractivity contribution in [3.8, 4) is 0 Å². The minimum Gasteiger partial charge on any atom is -0.293 e. The Kier molecular flexibility index (Phi) is 4.97. The molecule has 0 saturated carbocycles. The van der Waals surface area contributed by atoms with Gasteiger partial charge in [0, 0.05) is 28.5 Å². The molecule has 0 aliphatic rings. The van der Waals surface area contributed by atoms with Crippen LogP contribution in [0.15, 0.2) is 34.0 Å². The Bertz CT molecular complexity index is 688. The molecule has 5 nitrogen and oxygen atoms in total. The molecule has 0 spiro atoms. The summed E-state index contributed by atoms with van der Waals surface area (Å²) in [5, 5.41) is 12.6. The summed E-state index contributed by atoms with van der Waals surface area (Å²) < 4.78 is 0.861. The number of thiazole rings is 1. The van der Waals surface area contributed by atoms with Gasteiger partial charge in [-0.25, -0.2) is 4.98 Å². The largest absolute Gasteiger partial charge is 0.293 e. The van der Waals surface area contributed by atoms with Gasteiger partial charge in [-0.05, 0) is 12.1 Å². The molecule has 0 aliphatic heterocycles. The predicted octanol–water partition coefficient (Wildman–Crippen LogP) is 4.32. The molecule has 1 aromatic heterocycles. The first kappa shape index (κ1) is 16.6. The van der Waals surface area contributed by atoms with Crippen molar-refractivity contribution in [1.29, 1.82) is 0 Å². The van der Waals surface area contributed by atoms with Gasteiger partial charge < -0.3 is 0 Å². The van der Waals surface area contributed by atoms with Crippen molar-refractivity contribution in [2.75, 3.05) is 5.75 Å². The Morgan fingerprint density at radius 1 is 1.32 bits per heavy atom. The summed E-state index contributed by atoms with van der Waals surface area (Å²) in [4.78, 5) is 26.7. The minimum atomic E-state index is -0.480. The molecule has 0 atom stereocenters. The molecular weight excluding hydrogens is 320 g/mol. The van der Waals surface area contributed by atoms with Crippen molar-refractivity contribution in [2.24, 2.45) is 0 Å². The summed E-state index contributed by atoms with van der Waals surface area (Å²) in [6.45, 7) is 6.29. The maximum Gasteiger partial charge on any atom is 0.269 e. The zero-order chi connectivity index (χ0) is 16.3. The highest BCUT2D eigenvalue weighted by Crippen LogP contribution is 2.29. The molecule has 1 heterocycles. The molecule has 0 fully saturated rings. The van der Waals surface area contributed by atoms with Crippen molar-refractivity contribution < 1.29 is 9.72 Å². The number of carbonyl (C=O) groups is 1. The highest BCUT2D eigenvalue weighted by atomic mass is 32.2. The SMILES string of the molecule is CC(C)(C)c1csc(SCC(=O)c2ccc([N+](=O)[O-])cc2)n1. The monoisotopic (exact) mass is 336 g/mol. The number of nitro benzene ring substituents is 1. The van der Waals surface area contributed by atoms with Gasteiger partial charge in [0.15, 0.2) is 10.1 Å². The van der Waals surface area contributed by atoms with Crippen molar-refractivity contribution in [1.82, 2.24) is 4.98 Å². The number of ketones is 1. The number of non-ortho nitro benzene ring substituents is 1. The third kappa shape index (κ3) is 4.14. The lowest BCUT2D eigenvalue weighted by Gasteiger charge is -2.14. The van der Waals surface area contributed by atoms with Crippen LogP contribution in [0.2, 0.25) is 0 Å². The smallest absolute Gasteiger partial charge is 0.269 e. The number of hydrogen-bond donors (Lipinski definition) is 0. The molecule has 22 heavy (non-hydrogen) atoms. The third-order valence-corrected chi connectivity index (χ3v) is 5.00. The van der Waals surface area contributed by atoms with Crippen LogP contribution >= 0.6 is 23.1 Å².